The van der Waals surface area contributed by atoms with Crippen LogP contribution in [0.1, 0.15) is 33.3 Å². The number of hydrogen-bond acceptors (Lipinski definition) is 3. The molecule has 2 N–H and O–H groups in total. The molecular formula is C16H21BClNO3. The lowest BCUT2D eigenvalue weighted by Gasteiger charge is -2.32. The molecule has 0 aliphatic carbocycles. The van der Waals surface area contributed by atoms with Crippen LogP contribution in [0.2, 0.25) is 0 Å². The first-order valence-corrected chi connectivity index (χ1v) is 7.63. The van der Waals surface area contributed by atoms with E-state index in [1.54, 1.807) is 0 Å². The van der Waals surface area contributed by atoms with Crippen molar-refractivity contribution in [3.05, 3.63) is 40.9 Å². The molecular weight excluding hydrogens is 300 g/mol. The average molecular weight is 322 g/mol. The Balaban J connectivity index is 2.12. The molecule has 1 saturated heterocycles. The summed E-state index contributed by atoms with van der Waals surface area (Å²) in [6.45, 7) is 8.08. The summed E-state index contributed by atoms with van der Waals surface area (Å²) in [5.74, 6) is -0.509. The Bertz CT molecular complexity index is 580. The molecule has 1 aromatic carbocycles. The zero-order valence-corrected chi connectivity index (χ0v) is 14.1. The van der Waals surface area contributed by atoms with Gasteiger partial charge in [0, 0.05) is 17.5 Å². The lowest BCUT2D eigenvalue weighted by Crippen LogP contribution is -2.41. The number of halogens is 1. The van der Waals surface area contributed by atoms with E-state index in [0.29, 0.717) is 12.0 Å². The maximum atomic E-state index is 11.2. The maximum Gasteiger partial charge on any atom is 0.494 e. The summed E-state index contributed by atoms with van der Waals surface area (Å²) in [7, 11) is -0.391. The van der Waals surface area contributed by atoms with Crippen molar-refractivity contribution in [2.75, 3.05) is 0 Å². The summed E-state index contributed by atoms with van der Waals surface area (Å²) in [5.41, 5.74) is 8.02. The Morgan fingerprint density at radius 3 is 2.09 bits per heavy atom. The van der Waals surface area contributed by atoms with E-state index >= 15 is 0 Å². The largest absolute Gasteiger partial charge is 0.494 e. The van der Waals surface area contributed by atoms with Crippen molar-refractivity contribution in [3.8, 4) is 0 Å². The minimum absolute atomic E-state index is 0.364. The molecule has 1 heterocycles. The number of benzene rings is 1. The molecule has 1 aliphatic rings. The van der Waals surface area contributed by atoms with Gasteiger partial charge in [0.15, 0.2) is 0 Å². The third-order valence-corrected chi connectivity index (χ3v) is 4.61. The van der Waals surface area contributed by atoms with Crippen LogP contribution in [-0.2, 0) is 20.5 Å². The van der Waals surface area contributed by atoms with Crippen LogP contribution in [0.15, 0.2) is 35.4 Å². The fourth-order valence-electron chi connectivity index (χ4n) is 2.17. The Morgan fingerprint density at radius 2 is 1.68 bits per heavy atom. The van der Waals surface area contributed by atoms with Crippen LogP contribution in [0.4, 0.5) is 0 Å². The van der Waals surface area contributed by atoms with Gasteiger partial charge in [-0.05, 0) is 38.7 Å². The predicted molar refractivity (Wildman–Crippen MR) is 89.0 cm³/mol. The second-order valence-corrected chi connectivity index (χ2v) is 6.72. The molecule has 0 spiro atoms. The second kappa shape index (κ2) is 6.07. The summed E-state index contributed by atoms with van der Waals surface area (Å²) in [4.78, 5) is 11.2. The molecule has 1 aliphatic heterocycles. The fraction of sp³-hybridized carbons (Fsp3) is 0.438. The lowest BCUT2D eigenvalue weighted by atomic mass is 9.78. The molecule has 0 bridgehead atoms. The molecule has 4 nitrogen and oxygen atoms in total. The summed E-state index contributed by atoms with van der Waals surface area (Å²) in [5, 5.41) is 0. The van der Waals surface area contributed by atoms with Crippen LogP contribution in [0, 0.1) is 0 Å². The second-order valence-electron chi connectivity index (χ2n) is 6.51. The molecule has 2 rings (SSSR count). The van der Waals surface area contributed by atoms with Gasteiger partial charge < -0.3 is 15.0 Å². The standard InChI is InChI=1S/C16H21BClNO3/c1-15(2)16(3,4)22-17(21-15)13-7-5-11(6-8-13)9-12(10-18)14(19)20/h5-8,10H,9H2,1-4H3,(H2,19,20)/b12-10-. The van der Waals surface area contributed by atoms with E-state index < -0.39 is 13.0 Å². The zero-order chi connectivity index (χ0) is 16.5. The van der Waals surface area contributed by atoms with E-state index in [0.717, 1.165) is 11.0 Å². The van der Waals surface area contributed by atoms with Gasteiger partial charge in [0.2, 0.25) is 5.91 Å². The van der Waals surface area contributed by atoms with E-state index in [-0.39, 0.29) is 11.2 Å². The number of primary amides is 1. The predicted octanol–water partition coefficient (Wildman–Crippen LogP) is 2.14. The molecule has 22 heavy (non-hydrogen) atoms. The van der Waals surface area contributed by atoms with Gasteiger partial charge in [0.05, 0.1) is 11.2 Å². The molecule has 1 amide bonds. The normalized spacial score (nSPS) is 20.2. The number of amides is 1. The van der Waals surface area contributed by atoms with Crippen molar-refractivity contribution >= 4 is 30.1 Å². The zero-order valence-electron chi connectivity index (χ0n) is 13.4. The maximum absolute atomic E-state index is 11.2. The van der Waals surface area contributed by atoms with Gasteiger partial charge in [0.1, 0.15) is 0 Å². The summed E-state index contributed by atoms with van der Waals surface area (Å²) >= 11 is 5.61. The minimum atomic E-state index is -0.509. The van der Waals surface area contributed by atoms with Gasteiger partial charge in [0.25, 0.3) is 0 Å². The quantitative estimate of drug-likeness (QED) is 0.682. The Morgan fingerprint density at radius 1 is 1.18 bits per heavy atom. The highest BCUT2D eigenvalue weighted by molar-refractivity contribution is 6.62. The van der Waals surface area contributed by atoms with Gasteiger partial charge >= 0.3 is 7.12 Å². The minimum Gasteiger partial charge on any atom is -0.399 e. The van der Waals surface area contributed by atoms with Crippen molar-refractivity contribution in [2.45, 2.75) is 45.3 Å². The number of nitrogens with two attached hydrogens (primary N) is 1. The van der Waals surface area contributed by atoms with Crippen molar-refractivity contribution < 1.29 is 14.1 Å². The number of rotatable bonds is 4. The van der Waals surface area contributed by atoms with Gasteiger partial charge in [-0.25, -0.2) is 0 Å². The van der Waals surface area contributed by atoms with Gasteiger partial charge in [-0.2, -0.15) is 0 Å². The van der Waals surface area contributed by atoms with Crippen molar-refractivity contribution in [3.63, 3.8) is 0 Å². The molecule has 0 unspecified atom stereocenters. The van der Waals surface area contributed by atoms with Crippen molar-refractivity contribution in [1.29, 1.82) is 0 Å². The fourth-order valence-corrected chi connectivity index (χ4v) is 2.36. The molecule has 1 fully saturated rings. The van der Waals surface area contributed by atoms with Crippen molar-refractivity contribution in [2.24, 2.45) is 5.73 Å². The van der Waals surface area contributed by atoms with Gasteiger partial charge in [-0.3, -0.25) is 4.79 Å². The highest BCUT2D eigenvalue weighted by atomic mass is 35.5. The van der Waals surface area contributed by atoms with E-state index in [1.165, 1.54) is 5.54 Å². The monoisotopic (exact) mass is 321 g/mol. The molecule has 6 heteroatoms. The lowest BCUT2D eigenvalue weighted by molar-refractivity contribution is -0.114. The highest BCUT2D eigenvalue weighted by Crippen LogP contribution is 2.36. The van der Waals surface area contributed by atoms with Crippen LogP contribution in [0.5, 0.6) is 0 Å². The highest BCUT2D eigenvalue weighted by Gasteiger charge is 2.51. The molecule has 1 aromatic rings. The first kappa shape index (κ1) is 17.1. The first-order valence-electron chi connectivity index (χ1n) is 7.20. The van der Waals surface area contributed by atoms with E-state index in [1.807, 2.05) is 52.0 Å². The van der Waals surface area contributed by atoms with E-state index in [4.69, 9.17) is 26.6 Å². The van der Waals surface area contributed by atoms with Crippen LogP contribution < -0.4 is 11.2 Å². The molecule has 0 radical (unpaired) electrons. The van der Waals surface area contributed by atoms with Gasteiger partial charge in [-0.15, -0.1) is 0 Å². The number of carbonyl (C=O) groups excluding carboxylic acids is 1. The molecule has 118 valence electrons. The van der Waals surface area contributed by atoms with Crippen LogP contribution in [-0.4, -0.2) is 24.2 Å². The Hall–Kier alpha value is -1.30. The van der Waals surface area contributed by atoms with Gasteiger partial charge in [-0.1, -0.05) is 35.9 Å². The van der Waals surface area contributed by atoms with Crippen LogP contribution in [0.25, 0.3) is 0 Å². The Labute approximate surface area is 136 Å². The summed E-state index contributed by atoms with van der Waals surface area (Å²) in [6, 6.07) is 7.71. The molecule has 0 aromatic heterocycles. The van der Waals surface area contributed by atoms with Crippen molar-refractivity contribution in [1.82, 2.24) is 0 Å². The molecule has 0 saturated carbocycles. The summed E-state index contributed by atoms with van der Waals surface area (Å²) in [6.07, 6.45) is 0.405. The first-order chi connectivity index (χ1) is 10.2. The molecule has 0 atom stereocenters. The summed E-state index contributed by atoms with van der Waals surface area (Å²) < 4.78 is 12.0. The average Bonchev–Trinajstić information content (AvgIpc) is 2.65. The Kier molecular flexibility index (Phi) is 4.71. The number of hydrogen-bond donors (Lipinski definition) is 1. The van der Waals surface area contributed by atoms with Crippen LogP contribution >= 0.6 is 11.6 Å². The number of carbonyl (C=O) groups is 1. The SMILES string of the molecule is CC1(C)OB(c2ccc(C/C(=C/Cl)C(N)=O)cc2)OC1(C)C. The van der Waals surface area contributed by atoms with E-state index in [2.05, 4.69) is 0 Å². The van der Waals surface area contributed by atoms with E-state index in [9.17, 15) is 4.79 Å². The topological polar surface area (TPSA) is 61.5 Å². The third kappa shape index (κ3) is 3.37. The smallest absolute Gasteiger partial charge is 0.399 e. The third-order valence-electron chi connectivity index (χ3n) is 4.35. The van der Waals surface area contributed by atoms with Crippen LogP contribution in [0.3, 0.4) is 0 Å².